The third-order valence-corrected chi connectivity index (χ3v) is 7.18. The number of nitrogens with zero attached hydrogens (tertiary/aromatic N) is 4. The van der Waals surface area contributed by atoms with Gasteiger partial charge in [0.1, 0.15) is 35.8 Å². The predicted molar refractivity (Wildman–Crippen MR) is 149 cm³/mol. The van der Waals surface area contributed by atoms with Gasteiger partial charge in [-0.1, -0.05) is 35.3 Å². The van der Waals surface area contributed by atoms with Crippen molar-refractivity contribution in [1.82, 2.24) is 19.4 Å². The van der Waals surface area contributed by atoms with E-state index in [1.807, 2.05) is 28.8 Å². The van der Waals surface area contributed by atoms with Crippen LogP contribution in [0.4, 0.5) is 0 Å². The Bertz CT molecular complexity index is 1660. The number of halogens is 2. The normalized spacial score (nSPS) is 13.8. The molecule has 40 heavy (non-hydrogen) atoms. The molecule has 0 aliphatic carbocycles. The van der Waals surface area contributed by atoms with E-state index in [2.05, 4.69) is 9.88 Å². The van der Waals surface area contributed by atoms with Gasteiger partial charge in [0.05, 0.1) is 40.9 Å². The highest BCUT2D eigenvalue weighted by Crippen LogP contribution is 2.29. The van der Waals surface area contributed by atoms with Crippen LogP contribution in [0.2, 0.25) is 10.0 Å². The summed E-state index contributed by atoms with van der Waals surface area (Å²) < 4.78 is 19.5. The maximum absolute atomic E-state index is 11.5. The molecule has 11 heteroatoms. The van der Waals surface area contributed by atoms with Gasteiger partial charge in [-0.25, -0.2) is 14.8 Å². The van der Waals surface area contributed by atoms with Crippen LogP contribution < -0.4 is 9.47 Å². The number of oxazole rings is 1. The van der Waals surface area contributed by atoms with Gasteiger partial charge in [0.2, 0.25) is 0 Å². The molecule has 204 valence electrons. The zero-order valence-electron chi connectivity index (χ0n) is 21.2. The van der Waals surface area contributed by atoms with Crippen molar-refractivity contribution in [3.05, 3.63) is 106 Å². The molecule has 1 aliphatic heterocycles. The maximum atomic E-state index is 11.5. The highest BCUT2D eigenvalue weighted by atomic mass is 35.5. The van der Waals surface area contributed by atoms with E-state index >= 15 is 0 Å². The lowest BCUT2D eigenvalue weighted by Crippen LogP contribution is -2.53. The summed E-state index contributed by atoms with van der Waals surface area (Å²) in [5, 5.41) is 10.5. The lowest BCUT2D eigenvalue weighted by molar-refractivity contribution is 0.0124. The summed E-state index contributed by atoms with van der Waals surface area (Å²) in [7, 11) is 0. The van der Waals surface area contributed by atoms with Crippen molar-refractivity contribution in [3.8, 4) is 11.5 Å². The average molecular weight is 579 g/mol. The number of fused-ring (bicyclic) bond motifs is 1. The Labute approximate surface area is 239 Å². The van der Waals surface area contributed by atoms with Crippen molar-refractivity contribution in [1.29, 1.82) is 0 Å². The summed E-state index contributed by atoms with van der Waals surface area (Å²) in [6.07, 6.45) is 3.06. The number of carboxylic acid groups (broad SMARTS) is 1. The zero-order valence-corrected chi connectivity index (χ0v) is 22.7. The first-order chi connectivity index (χ1) is 19.4. The Morgan fingerprint density at radius 3 is 2.73 bits per heavy atom. The summed E-state index contributed by atoms with van der Waals surface area (Å²) in [6, 6.07) is 17.9. The number of imidazole rings is 1. The monoisotopic (exact) mass is 578 g/mol. The molecule has 3 heterocycles. The van der Waals surface area contributed by atoms with Gasteiger partial charge in [-0.15, -0.1) is 0 Å². The number of aromatic carboxylic acids is 1. The number of benzene rings is 3. The number of hydrogen-bond donors (Lipinski definition) is 1. The maximum Gasteiger partial charge on any atom is 0.335 e. The van der Waals surface area contributed by atoms with Crippen LogP contribution in [0.3, 0.4) is 0 Å². The lowest BCUT2D eigenvalue weighted by Gasteiger charge is -2.38. The number of rotatable bonds is 10. The molecule has 0 bridgehead atoms. The van der Waals surface area contributed by atoms with E-state index < -0.39 is 5.97 Å². The van der Waals surface area contributed by atoms with E-state index in [-0.39, 0.29) is 11.7 Å². The predicted octanol–water partition coefficient (Wildman–Crippen LogP) is 5.92. The van der Waals surface area contributed by atoms with Crippen LogP contribution >= 0.6 is 23.2 Å². The van der Waals surface area contributed by atoms with Crippen molar-refractivity contribution >= 4 is 40.2 Å². The molecular weight excluding hydrogens is 555 g/mol. The van der Waals surface area contributed by atoms with Gasteiger partial charge in [-0.05, 0) is 54.1 Å². The molecule has 6 rings (SSSR count). The molecule has 0 unspecified atom stereocenters. The summed E-state index contributed by atoms with van der Waals surface area (Å²) in [4.78, 5) is 22.6. The Hall–Kier alpha value is -4.05. The van der Waals surface area contributed by atoms with Crippen LogP contribution in [0.1, 0.15) is 27.5 Å². The van der Waals surface area contributed by atoms with Gasteiger partial charge in [0.25, 0.3) is 0 Å². The van der Waals surface area contributed by atoms with E-state index in [9.17, 15) is 9.90 Å². The summed E-state index contributed by atoms with van der Waals surface area (Å²) in [6.45, 7) is 2.79. The number of aromatic nitrogens is 3. The fourth-order valence-corrected chi connectivity index (χ4v) is 5.12. The molecular formula is C29H24Cl2N4O5. The van der Waals surface area contributed by atoms with Gasteiger partial charge in [0, 0.05) is 18.1 Å². The minimum atomic E-state index is -0.983. The molecule has 3 aromatic carbocycles. The molecule has 0 atom stereocenters. The van der Waals surface area contributed by atoms with Crippen molar-refractivity contribution in [2.75, 3.05) is 13.1 Å². The molecule has 0 saturated carbocycles. The number of carbonyl (C=O) groups is 1. The van der Waals surface area contributed by atoms with E-state index in [0.717, 1.165) is 41.3 Å². The first kappa shape index (κ1) is 26.2. The smallest absolute Gasteiger partial charge is 0.335 e. The molecule has 1 saturated heterocycles. The molecule has 5 aromatic rings. The fourth-order valence-electron chi connectivity index (χ4n) is 4.66. The molecule has 1 N–H and O–H groups in total. The standard InChI is InChI=1S/C29H24Cl2N4O5/c30-20-5-7-27(24(31)10-20)38-16-18-2-1-3-21(8-18)40-23-12-34(13-23)15-28-33-25-6-4-19(29(36)37)9-26(25)35(28)14-22-11-32-17-39-22/h1-11,17,23H,12-16H2,(H,36,37). The van der Waals surface area contributed by atoms with E-state index in [4.69, 9.17) is 42.1 Å². The fraction of sp³-hybridized carbons (Fsp3) is 0.207. The Morgan fingerprint density at radius 2 is 1.95 bits per heavy atom. The molecule has 2 aromatic heterocycles. The van der Waals surface area contributed by atoms with Gasteiger partial charge < -0.3 is 23.6 Å². The Kier molecular flexibility index (Phi) is 7.34. The first-order valence-electron chi connectivity index (χ1n) is 12.6. The van der Waals surface area contributed by atoms with Gasteiger partial charge >= 0.3 is 5.97 Å². The number of hydrogen-bond acceptors (Lipinski definition) is 7. The minimum absolute atomic E-state index is 0.0348. The largest absolute Gasteiger partial charge is 0.488 e. The van der Waals surface area contributed by atoms with Gasteiger partial charge in [0.15, 0.2) is 6.39 Å². The number of ether oxygens (including phenoxy) is 2. The van der Waals surface area contributed by atoms with Crippen molar-refractivity contribution in [2.45, 2.75) is 25.8 Å². The second kappa shape index (κ2) is 11.2. The molecule has 1 aliphatic rings. The first-order valence-corrected chi connectivity index (χ1v) is 13.3. The van der Waals surface area contributed by atoms with Crippen LogP contribution in [0.5, 0.6) is 11.5 Å². The lowest BCUT2D eigenvalue weighted by atomic mass is 10.1. The highest BCUT2D eigenvalue weighted by Gasteiger charge is 2.30. The highest BCUT2D eigenvalue weighted by molar-refractivity contribution is 6.35. The van der Waals surface area contributed by atoms with E-state index in [0.29, 0.717) is 41.3 Å². The third-order valence-electron chi connectivity index (χ3n) is 6.65. The van der Waals surface area contributed by atoms with E-state index in [1.165, 1.54) is 6.39 Å². The van der Waals surface area contributed by atoms with Crippen molar-refractivity contribution in [3.63, 3.8) is 0 Å². The number of carboxylic acids is 1. The Balaban J connectivity index is 1.09. The van der Waals surface area contributed by atoms with Crippen molar-refractivity contribution in [2.24, 2.45) is 0 Å². The van der Waals surface area contributed by atoms with Crippen LogP contribution in [0.15, 0.2) is 77.7 Å². The summed E-state index contributed by atoms with van der Waals surface area (Å²) in [5.74, 6) is 1.83. The van der Waals surface area contributed by atoms with Gasteiger partial charge in [-0.2, -0.15) is 0 Å². The minimum Gasteiger partial charge on any atom is -0.488 e. The van der Waals surface area contributed by atoms with Crippen molar-refractivity contribution < 1.29 is 23.8 Å². The summed E-state index contributed by atoms with van der Waals surface area (Å²) >= 11 is 12.2. The molecule has 0 amide bonds. The van der Waals surface area contributed by atoms with E-state index in [1.54, 1.807) is 42.6 Å². The van der Waals surface area contributed by atoms with Crippen LogP contribution in [0.25, 0.3) is 11.0 Å². The second-order valence-electron chi connectivity index (χ2n) is 9.54. The van der Waals surface area contributed by atoms with Crippen LogP contribution in [-0.2, 0) is 19.7 Å². The van der Waals surface area contributed by atoms with Crippen LogP contribution in [-0.4, -0.2) is 49.7 Å². The van der Waals surface area contributed by atoms with Gasteiger partial charge in [-0.3, -0.25) is 4.90 Å². The Morgan fingerprint density at radius 1 is 1.07 bits per heavy atom. The average Bonchev–Trinajstić information content (AvgIpc) is 3.55. The summed E-state index contributed by atoms with van der Waals surface area (Å²) in [5.41, 5.74) is 2.63. The van der Waals surface area contributed by atoms with Crippen LogP contribution in [0, 0.1) is 0 Å². The second-order valence-corrected chi connectivity index (χ2v) is 10.4. The topological polar surface area (TPSA) is 103 Å². The molecule has 9 nitrogen and oxygen atoms in total. The SMILES string of the molecule is O=C(O)c1ccc2nc(CN3CC(Oc4cccc(COc5ccc(Cl)cc5Cl)c4)C3)n(Cc3cnco3)c2c1. The zero-order chi connectivity index (χ0) is 27.6. The third kappa shape index (κ3) is 5.77. The number of likely N-dealkylation sites (tertiary alicyclic amines) is 1. The quantitative estimate of drug-likeness (QED) is 0.218. The molecule has 1 fully saturated rings. The molecule has 0 spiro atoms. The molecule has 0 radical (unpaired) electrons.